The van der Waals surface area contributed by atoms with E-state index in [0.29, 0.717) is 10.7 Å². The van der Waals surface area contributed by atoms with Crippen molar-refractivity contribution >= 4 is 34.9 Å². The van der Waals surface area contributed by atoms with Crippen LogP contribution in [-0.4, -0.2) is 13.1 Å². The first-order valence-electron chi connectivity index (χ1n) is 6.06. The number of carbonyl (C=O) groups is 1. The van der Waals surface area contributed by atoms with E-state index in [0.717, 1.165) is 0 Å². The first kappa shape index (κ1) is 15.6. The first-order chi connectivity index (χ1) is 10.0. The molecule has 0 saturated heterocycles. The third-order valence-corrected chi connectivity index (χ3v) is 3.46. The van der Waals surface area contributed by atoms with E-state index in [9.17, 15) is 9.18 Å². The summed E-state index contributed by atoms with van der Waals surface area (Å²) in [7, 11) is 1.23. The van der Waals surface area contributed by atoms with Gasteiger partial charge >= 0.3 is 5.97 Å². The number of esters is 1. The van der Waals surface area contributed by atoms with Gasteiger partial charge in [-0.05, 0) is 36.4 Å². The topological polar surface area (TPSA) is 38.3 Å². The second-order valence-corrected chi connectivity index (χ2v) is 5.09. The Labute approximate surface area is 131 Å². The Hall–Kier alpha value is -1.78. The molecule has 0 bridgehead atoms. The zero-order valence-electron chi connectivity index (χ0n) is 11.1. The van der Waals surface area contributed by atoms with E-state index in [4.69, 9.17) is 27.9 Å². The lowest BCUT2D eigenvalue weighted by atomic mass is 10.1. The molecular weight excluding hydrogens is 316 g/mol. The van der Waals surface area contributed by atoms with Gasteiger partial charge in [-0.25, -0.2) is 9.18 Å². The van der Waals surface area contributed by atoms with Crippen LogP contribution in [0.15, 0.2) is 42.5 Å². The molecule has 2 aromatic rings. The average Bonchev–Trinajstić information content (AvgIpc) is 2.47. The Morgan fingerprint density at radius 2 is 1.86 bits per heavy atom. The molecule has 0 aliphatic heterocycles. The van der Waals surface area contributed by atoms with Gasteiger partial charge in [-0.15, -0.1) is 0 Å². The van der Waals surface area contributed by atoms with Crippen molar-refractivity contribution in [1.29, 1.82) is 0 Å². The fourth-order valence-electron chi connectivity index (χ4n) is 1.87. The number of hydrogen-bond donors (Lipinski definition) is 1. The third-order valence-electron chi connectivity index (χ3n) is 2.88. The Morgan fingerprint density at radius 1 is 1.19 bits per heavy atom. The zero-order chi connectivity index (χ0) is 15.4. The molecule has 3 nitrogen and oxygen atoms in total. The van der Waals surface area contributed by atoms with Gasteiger partial charge in [0.1, 0.15) is 5.82 Å². The molecule has 2 rings (SSSR count). The van der Waals surface area contributed by atoms with E-state index in [-0.39, 0.29) is 10.6 Å². The molecule has 110 valence electrons. The summed E-state index contributed by atoms with van der Waals surface area (Å²) < 4.78 is 18.7. The van der Waals surface area contributed by atoms with Gasteiger partial charge in [-0.3, -0.25) is 0 Å². The van der Waals surface area contributed by atoms with E-state index >= 15 is 0 Å². The van der Waals surface area contributed by atoms with Crippen molar-refractivity contribution in [3.63, 3.8) is 0 Å². The van der Waals surface area contributed by atoms with E-state index in [2.05, 4.69) is 5.32 Å². The molecule has 0 aliphatic carbocycles. The van der Waals surface area contributed by atoms with Gasteiger partial charge in [0, 0.05) is 21.3 Å². The number of carbonyl (C=O) groups excluding carboxylic acids is 1. The number of rotatable bonds is 4. The predicted molar refractivity (Wildman–Crippen MR) is 81.2 cm³/mol. The van der Waals surface area contributed by atoms with Crippen LogP contribution >= 0.6 is 23.2 Å². The standard InChI is InChI=1S/C15H12Cl2FNO2/c1-21-15(20)14(13-11(17)3-2-4-12(13)18)19-10-7-5-9(16)6-8-10/h2-8,14,19H,1H3. The third kappa shape index (κ3) is 3.65. The Balaban J connectivity index is 2.39. The predicted octanol–water partition coefficient (Wildman–Crippen LogP) is 4.46. The monoisotopic (exact) mass is 327 g/mol. The van der Waals surface area contributed by atoms with Gasteiger partial charge in [0.2, 0.25) is 0 Å². The lowest BCUT2D eigenvalue weighted by Crippen LogP contribution is -2.23. The summed E-state index contributed by atoms with van der Waals surface area (Å²) in [4.78, 5) is 12.0. The van der Waals surface area contributed by atoms with Crippen LogP contribution in [0.4, 0.5) is 10.1 Å². The quantitative estimate of drug-likeness (QED) is 0.842. The molecule has 6 heteroatoms. The number of anilines is 1. The summed E-state index contributed by atoms with van der Waals surface area (Å²) >= 11 is 11.8. The van der Waals surface area contributed by atoms with Crippen molar-refractivity contribution < 1.29 is 13.9 Å². The second kappa shape index (κ2) is 6.78. The molecule has 0 saturated carbocycles. The molecule has 0 radical (unpaired) electrons. The number of halogens is 3. The van der Waals surface area contributed by atoms with Crippen LogP contribution in [0.1, 0.15) is 11.6 Å². The molecule has 0 amide bonds. The van der Waals surface area contributed by atoms with Crippen molar-refractivity contribution in [2.24, 2.45) is 0 Å². The normalized spacial score (nSPS) is 11.8. The maximum atomic E-state index is 14.0. The van der Waals surface area contributed by atoms with Crippen LogP contribution in [0.25, 0.3) is 0 Å². The highest BCUT2D eigenvalue weighted by molar-refractivity contribution is 6.31. The van der Waals surface area contributed by atoms with Crippen molar-refractivity contribution in [1.82, 2.24) is 0 Å². The van der Waals surface area contributed by atoms with E-state index in [1.807, 2.05) is 0 Å². The van der Waals surface area contributed by atoms with Crippen LogP contribution in [0, 0.1) is 5.82 Å². The highest BCUT2D eigenvalue weighted by Crippen LogP contribution is 2.30. The minimum atomic E-state index is -1.05. The van der Waals surface area contributed by atoms with Crippen molar-refractivity contribution in [3.8, 4) is 0 Å². The van der Waals surface area contributed by atoms with E-state index in [1.165, 1.54) is 25.3 Å². The van der Waals surface area contributed by atoms with Gasteiger partial charge in [0.15, 0.2) is 6.04 Å². The van der Waals surface area contributed by atoms with E-state index in [1.54, 1.807) is 24.3 Å². The molecule has 1 N–H and O–H groups in total. The fraction of sp³-hybridized carbons (Fsp3) is 0.133. The van der Waals surface area contributed by atoms with Crippen molar-refractivity contribution in [2.45, 2.75) is 6.04 Å². The molecule has 0 aromatic heterocycles. The number of hydrogen-bond acceptors (Lipinski definition) is 3. The molecule has 0 fully saturated rings. The fourth-order valence-corrected chi connectivity index (χ4v) is 2.26. The largest absolute Gasteiger partial charge is 0.467 e. The van der Waals surface area contributed by atoms with Crippen LogP contribution in [0.2, 0.25) is 10.0 Å². The molecule has 0 aliphatic rings. The molecule has 1 atom stereocenters. The molecule has 21 heavy (non-hydrogen) atoms. The summed E-state index contributed by atoms with van der Waals surface area (Å²) in [6.45, 7) is 0. The van der Waals surface area contributed by atoms with Crippen LogP contribution in [-0.2, 0) is 9.53 Å². The Morgan fingerprint density at radius 3 is 2.43 bits per heavy atom. The highest BCUT2D eigenvalue weighted by Gasteiger charge is 2.26. The minimum absolute atomic E-state index is 0.0426. The molecular formula is C15H12Cl2FNO2. The number of ether oxygens (including phenoxy) is 1. The summed E-state index contributed by atoms with van der Waals surface area (Å²) in [5.41, 5.74) is 0.634. The van der Waals surface area contributed by atoms with Gasteiger partial charge in [-0.1, -0.05) is 29.3 Å². The summed E-state index contributed by atoms with van der Waals surface area (Å²) in [6.07, 6.45) is 0. The molecule has 0 heterocycles. The average molecular weight is 328 g/mol. The van der Waals surface area contributed by atoms with Gasteiger partial charge in [0.25, 0.3) is 0 Å². The Kier molecular flexibility index (Phi) is 5.04. The van der Waals surface area contributed by atoms with Crippen LogP contribution in [0.5, 0.6) is 0 Å². The van der Waals surface area contributed by atoms with Crippen molar-refractivity contribution in [2.75, 3.05) is 12.4 Å². The smallest absolute Gasteiger partial charge is 0.333 e. The minimum Gasteiger partial charge on any atom is -0.467 e. The molecule has 1 unspecified atom stereocenters. The van der Waals surface area contributed by atoms with Gasteiger partial charge in [-0.2, -0.15) is 0 Å². The maximum Gasteiger partial charge on any atom is 0.333 e. The summed E-state index contributed by atoms with van der Waals surface area (Å²) in [5.74, 6) is -1.23. The zero-order valence-corrected chi connectivity index (χ0v) is 12.6. The maximum absolute atomic E-state index is 14.0. The first-order valence-corrected chi connectivity index (χ1v) is 6.82. The number of benzene rings is 2. The highest BCUT2D eigenvalue weighted by atomic mass is 35.5. The van der Waals surface area contributed by atoms with Crippen LogP contribution < -0.4 is 5.32 Å². The second-order valence-electron chi connectivity index (χ2n) is 4.24. The molecule has 2 aromatic carbocycles. The SMILES string of the molecule is COC(=O)C(Nc1ccc(Cl)cc1)c1c(F)cccc1Cl. The van der Waals surface area contributed by atoms with E-state index < -0.39 is 17.8 Å². The number of methoxy groups -OCH3 is 1. The van der Waals surface area contributed by atoms with Gasteiger partial charge in [0.05, 0.1) is 7.11 Å². The Bertz CT molecular complexity index is 626. The number of nitrogens with one attached hydrogen (secondary N) is 1. The summed E-state index contributed by atoms with van der Waals surface area (Å²) in [6, 6.07) is 9.82. The van der Waals surface area contributed by atoms with Crippen LogP contribution in [0.3, 0.4) is 0 Å². The van der Waals surface area contributed by atoms with Gasteiger partial charge < -0.3 is 10.1 Å². The lowest BCUT2D eigenvalue weighted by molar-refractivity contribution is -0.141. The summed E-state index contributed by atoms with van der Waals surface area (Å²) in [5, 5.41) is 3.60. The lowest BCUT2D eigenvalue weighted by Gasteiger charge is -2.19. The molecule has 0 spiro atoms. The van der Waals surface area contributed by atoms with Crippen molar-refractivity contribution in [3.05, 3.63) is 63.9 Å².